The van der Waals surface area contributed by atoms with Crippen LogP contribution in [-0.4, -0.2) is 19.6 Å². The molecule has 0 amide bonds. The number of nitrogens with one attached hydrogen (secondary N) is 1. The molecule has 5 heteroatoms. The first-order valence-corrected chi connectivity index (χ1v) is 6.87. The van der Waals surface area contributed by atoms with Crippen LogP contribution in [0.25, 0.3) is 0 Å². The molecular weight excluding hydrogens is 238 g/mol. The van der Waals surface area contributed by atoms with E-state index in [0.717, 1.165) is 31.0 Å². The zero-order chi connectivity index (χ0) is 13.8. The number of rotatable bonds is 6. The minimum absolute atomic E-state index is 0.410. The molecule has 0 unspecified atom stereocenters. The highest BCUT2D eigenvalue weighted by molar-refractivity contribution is 5.15. The molecule has 19 heavy (non-hydrogen) atoms. The number of hydrogen-bond donors (Lipinski definition) is 1. The Kier molecular flexibility index (Phi) is 4.37. The molecule has 0 saturated heterocycles. The fourth-order valence-electron chi connectivity index (χ4n) is 1.96. The van der Waals surface area contributed by atoms with Crippen LogP contribution in [-0.2, 0) is 19.6 Å². The van der Waals surface area contributed by atoms with Crippen molar-refractivity contribution in [2.45, 2.75) is 53.4 Å². The molecule has 0 saturated carbocycles. The number of aryl methyl sites for hydroxylation is 2. The van der Waals surface area contributed by atoms with Crippen molar-refractivity contribution in [3.8, 4) is 0 Å². The predicted molar refractivity (Wildman–Crippen MR) is 75.8 cm³/mol. The number of aromatic nitrogens is 4. The van der Waals surface area contributed by atoms with Crippen molar-refractivity contribution in [2.24, 2.45) is 0 Å². The molecule has 0 aliphatic heterocycles. The highest BCUT2D eigenvalue weighted by Crippen LogP contribution is 2.10. The second-order valence-corrected chi connectivity index (χ2v) is 5.08. The summed E-state index contributed by atoms with van der Waals surface area (Å²) in [5, 5.41) is 12.4. The Labute approximate surface area is 114 Å². The lowest BCUT2D eigenvalue weighted by atomic mass is 10.2. The van der Waals surface area contributed by atoms with Gasteiger partial charge in [-0.3, -0.25) is 9.36 Å². The van der Waals surface area contributed by atoms with E-state index in [1.165, 1.54) is 5.56 Å². The Morgan fingerprint density at radius 3 is 2.63 bits per heavy atom. The first kappa shape index (κ1) is 13.8. The zero-order valence-corrected chi connectivity index (χ0v) is 12.2. The quantitative estimate of drug-likeness (QED) is 0.868. The van der Waals surface area contributed by atoms with Crippen LogP contribution < -0.4 is 5.32 Å². The minimum atomic E-state index is 0.410. The van der Waals surface area contributed by atoms with Gasteiger partial charge in [0.05, 0.1) is 11.4 Å². The summed E-state index contributed by atoms with van der Waals surface area (Å²) >= 11 is 0. The van der Waals surface area contributed by atoms with Gasteiger partial charge in [-0.15, -0.1) is 0 Å². The van der Waals surface area contributed by atoms with Crippen molar-refractivity contribution in [3.05, 3.63) is 35.4 Å². The second-order valence-electron chi connectivity index (χ2n) is 5.08. The fourth-order valence-corrected chi connectivity index (χ4v) is 1.96. The molecule has 1 N–H and O–H groups in total. The molecule has 0 aliphatic carbocycles. The van der Waals surface area contributed by atoms with Crippen LogP contribution in [0, 0.1) is 6.92 Å². The third-order valence-electron chi connectivity index (χ3n) is 3.19. The number of nitrogens with zero attached hydrogens (tertiary/aromatic N) is 4. The summed E-state index contributed by atoms with van der Waals surface area (Å²) in [6.07, 6.45) is 4.14. The highest BCUT2D eigenvalue weighted by atomic mass is 15.3. The molecule has 0 radical (unpaired) electrons. The van der Waals surface area contributed by atoms with Crippen LogP contribution in [0.15, 0.2) is 18.5 Å². The Morgan fingerprint density at radius 2 is 2.05 bits per heavy atom. The van der Waals surface area contributed by atoms with Crippen molar-refractivity contribution in [1.29, 1.82) is 0 Å². The topological polar surface area (TPSA) is 47.7 Å². The average molecular weight is 261 g/mol. The van der Waals surface area contributed by atoms with Crippen LogP contribution in [0.1, 0.15) is 43.8 Å². The van der Waals surface area contributed by atoms with Gasteiger partial charge in [-0.05, 0) is 33.8 Å². The Morgan fingerprint density at radius 1 is 1.26 bits per heavy atom. The fraction of sp³-hybridized carbons (Fsp3) is 0.571. The van der Waals surface area contributed by atoms with Gasteiger partial charge >= 0.3 is 0 Å². The highest BCUT2D eigenvalue weighted by Gasteiger charge is 2.07. The molecule has 0 bridgehead atoms. The summed E-state index contributed by atoms with van der Waals surface area (Å²) in [6.45, 7) is 11.0. The first-order chi connectivity index (χ1) is 9.10. The zero-order valence-electron chi connectivity index (χ0n) is 12.2. The predicted octanol–water partition coefficient (Wildman–Crippen LogP) is 2.28. The van der Waals surface area contributed by atoms with Gasteiger partial charge in [0.15, 0.2) is 0 Å². The lowest BCUT2D eigenvalue weighted by Crippen LogP contribution is -2.13. The second kappa shape index (κ2) is 6.02. The van der Waals surface area contributed by atoms with E-state index < -0.39 is 0 Å². The molecular formula is C14H23N5. The van der Waals surface area contributed by atoms with Gasteiger partial charge in [-0.1, -0.05) is 0 Å². The molecule has 0 aliphatic rings. The molecule has 0 spiro atoms. The van der Waals surface area contributed by atoms with Crippen LogP contribution >= 0.6 is 0 Å². The third kappa shape index (κ3) is 3.44. The van der Waals surface area contributed by atoms with Gasteiger partial charge in [-0.25, -0.2) is 0 Å². The maximum atomic E-state index is 4.51. The van der Waals surface area contributed by atoms with Crippen molar-refractivity contribution in [3.63, 3.8) is 0 Å². The summed E-state index contributed by atoms with van der Waals surface area (Å²) in [7, 11) is 0. The summed E-state index contributed by atoms with van der Waals surface area (Å²) in [5.41, 5.74) is 3.43. The van der Waals surface area contributed by atoms with E-state index in [9.17, 15) is 0 Å². The van der Waals surface area contributed by atoms with Crippen molar-refractivity contribution in [1.82, 2.24) is 24.9 Å². The molecule has 104 valence electrons. The van der Waals surface area contributed by atoms with Crippen molar-refractivity contribution >= 4 is 0 Å². The summed E-state index contributed by atoms with van der Waals surface area (Å²) < 4.78 is 3.96. The molecule has 5 nitrogen and oxygen atoms in total. The number of hydrogen-bond acceptors (Lipinski definition) is 3. The normalized spacial score (nSPS) is 11.4. The molecule has 2 aromatic rings. The van der Waals surface area contributed by atoms with Gasteiger partial charge in [0, 0.05) is 43.6 Å². The van der Waals surface area contributed by atoms with E-state index >= 15 is 0 Å². The Hall–Kier alpha value is -1.62. The van der Waals surface area contributed by atoms with Crippen LogP contribution in [0.2, 0.25) is 0 Å². The van der Waals surface area contributed by atoms with E-state index in [1.54, 1.807) is 0 Å². The van der Waals surface area contributed by atoms with E-state index in [4.69, 9.17) is 0 Å². The molecule has 2 aromatic heterocycles. The SMILES string of the molecule is CCn1ccc(CNCc2cn(C(C)C)nc2C)n1. The lowest BCUT2D eigenvalue weighted by Gasteiger charge is -2.03. The molecule has 0 fully saturated rings. The molecule has 0 atom stereocenters. The Balaban J connectivity index is 1.88. The molecule has 2 heterocycles. The van der Waals surface area contributed by atoms with Crippen LogP contribution in [0.4, 0.5) is 0 Å². The van der Waals surface area contributed by atoms with Gasteiger partial charge in [0.25, 0.3) is 0 Å². The lowest BCUT2D eigenvalue weighted by molar-refractivity contribution is 0.528. The Bertz CT molecular complexity index is 524. The molecule has 0 aromatic carbocycles. The smallest absolute Gasteiger partial charge is 0.0762 e. The van der Waals surface area contributed by atoms with Gasteiger partial charge in [0.1, 0.15) is 0 Å². The van der Waals surface area contributed by atoms with Crippen LogP contribution in [0.5, 0.6) is 0 Å². The third-order valence-corrected chi connectivity index (χ3v) is 3.19. The summed E-state index contributed by atoms with van der Waals surface area (Å²) in [4.78, 5) is 0. The van der Waals surface area contributed by atoms with E-state index in [1.807, 2.05) is 15.6 Å². The van der Waals surface area contributed by atoms with Gasteiger partial charge < -0.3 is 5.32 Å². The van der Waals surface area contributed by atoms with Gasteiger partial charge in [0.2, 0.25) is 0 Å². The monoisotopic (exact) mass is 261 g/mol. The van der Waals surface area contributed by atoms with Crippen LogP contribution in [0.3, 0.4) is 0 Å². The minimum Gasteiger partial charge on any atom is -0.307 e. The maximum absolute atomic E-state index is 4.51. The summed E-state index contributed by atoms with van der Waals surface area (Å²) in [6, 6.07) is 2.47. The van der Waals surface area contributed by atoms with Gasteiger partial charge in [-0.2, -0.15) is 10.2 Å². The maximum Gasteiger partial charge on any atom is 0.0762 e. The van der Waals surface area contributed by atoms with Crippen molar-refractivity contribution in [2.75, 3.05) is 0 Å². The standard InChI is InChI=1S/C14H23N5/c1-5-18-7-6-14(17-18)9-15-8-13-10-19(11(2)3)16-12(13)4/h6-7,10-11,15H,5,8-9H2,1-4H3. The first-order valence-electron chi connectivity index (χ1n) is 6.87. The van der Waals surface area contributed by atoms with E-state index in [-0.39, 0.29) is 0 Å². The van der Waals surface area contributed by atoms with E-state index in [0.29, 0.717) is 6.04 Å². The van der Waals surface area contributed by atoms with E-state index in [2.05, 4.69) is 55.5 Å². The largest absolute Gasteiger partial charge is 0.307 e. The molecule has 2 rings (SSSR count). The average Bonchev–Trinajstić information content (AvgIpc) is 2.97. The van der Waals surface area contributed by atoms with Crippen molar-refractivity contribution < 1.29 is 0 Å². The summed E-state index contributed by atoms with van der Waals surface area (Å²) in [5.74, 6) is 0.